The first-order chi connectivity index (χ1) is 38.2. The topological polar surface area (TPSA) is 167 Å². The molecule has 3 saturated heterocycles. The van der Waals surface area contributed by atoms with Crippen molar-refractivity contribution in [2.45, 2.75) is 66.4 Å². The van der Waals surface area contributed by atoms with Crippen LogP contribution in [0.5, 0.6) is 0 Å². The number of amides is 2. The molecule has 14 nitrogen and oxygen atoms in total. The van der Waals surface area contributed by atoms with Crippen molar-refractivity contribution in [3.8, 4) is 0 Å². The van der Waals surface area contributed by atoms with Gasteiger partial charge in [0.15, 0.2) is 10.8 Å². The average Bonchev–Trinajstić information content (AvgIpc) is 3.84. The van der Waals surface area contributed by atoms with Gasteiger partial charge in [0.2, 0.25) is 5.05 Å². The molecule has 0 bridgehead atoms. The molecule has 414 valence electrons. The maximum atomic E-state index is 14.5. The van der Waals surface area contributed by atoms with Gasteiger partial charge in [-0.05, 0) is 90.1 Å². The van der Waals surface area contributed by atoms with Crippen LogP contribution in [-0.2, 0) is 48.5 Å². The monoisotopic (exact) mass is 1150 g/mol. The van der Waals surface area contributed by atoms with E-state index in [4.69, 9.17) is 36.3 Å². The number of ether oxygens (including phenoxy) is 3. The number of nitrogens with one attached hydrogen (secondary N) is 2. The Morgan fingerprint density at radius 3 is 1.78 bits per heavy atom. The van der Waals surface area contributed by atoms with E-state index >= 15 is 0 Å². The highest BCUT2D eigenvalue weighted by atomic mass is 32.2. The predicted molar refractivity (Wildman–Crippen MR) is 302 cm³/mol. The van der Waals surface area contributed by atoms with Crippen LogP contribution >= 0.6 is 35.3 Å². The number of fused-ring (bicyclic) bond motifs is 1. The normalized spacial score (nSPS) is 19.4. The summed E-state index contributed by atoms with van der Waals surface area (Å²) in [6, 6.07) is 49.7. The molecule has 79 heavy (non-hydrogen) atoms. The van der Waals surface area contributed by atoms with Crippen LogP contribution in [0.3, 0.4) is 0 Å². The predicted octanol–water partition coefficient (Wildman–Crippen LogP) is 10.8. The van der Waals surface area contributed by atoms with Gasteiger partial charge < -0.3 is 29.7 Å². The Balaban J connectivity index is 0.000000438. The number of hydrogen-bond donors (Lipinski definition) is 2. The lowest BCUT2D eigenvalue weighted by molar-refractivity contribution is -0.144. The van der Waals surface area contributed by atoms with Crippen molar-refractivity contribution in [2.75, 3.05) is 45.5 Å². The zero-order chi connectivity index (χ0) is 55.6. The first-order valence-corrected chi connectivity index (χ1v) is 29.3. The lowest BCUT2D eigenvalue weighted by Crippen LogP contribution is -2.71. The number of alkyl halides is 3. The second-order valence-electron chi connectivity index (χ2n) is 19.0. The molecule has 2 amide bonds. The number of aromatic nitrogens is 1. The smallest absolute Gasteiger partial charge is 0.469 e. The molecule has 2 unspecified atom stereocenters. The van der Waals surface area contributed by atoms with E-state index in [1.165, 1.54) is 18.4 Å². The van der Waals surface area contributed by atoms with Crippen LogP contribution in [0.4, 0.5) is 18.3 Å². The molecular weight excluding hydrogens is 1100 g/mol. The summed E-state index contributed by atoms with van der Waals surface area (Å²) in [6.45, 7) is 3.83. The molecular formula is C58H58F3N5O9S4. The van der Waals surface area contributed by atoms with Gasteiger partial charge in [0.05, 0.1) is 12.3 Å². The summed E-state index contributed by atoms with van der Waals surface area (Å²) in [7, 11) is -4.06. The Hall–Kier alpha value is -6.46. The molecule has 3 fully saturated rings. The summed E-state index contributed by atoms with van der Waals surface area (Å²) in [5.41, 5.74) is 0.674. The fourth-order valence-electron chi connectivity index (χ4n) is 10.1. The third-order valence-electron chi connectivity index (χ3n) is 14.1. The molecule has 0 saturated carbocycles. The molecule has 4 aliphatic rings. The molecule has 2 N–H and O–H groups in total. The third-order valence-corrected chi connectivity index (χ3v) is 17.5. The van der Waals surface area contributed by atoms with Crippen molar-refractivity contribution in [3.05, 3.63) is 202 Å². The van der Waals surface area contributed by atoms with Crippen LogP contribution in [0.25, 0.3) is 0 Å². The Morgan fingerprint density at radius 2 is 1.29 bits per heavy atom. The largest absolute Gasteiger partial charge is 0.523 e. The van der Waals surface area contributed by atoms with Gasteiger partial charge in [-0.15, -0.1) is 23.1 Å². The molecule has 10 rings (SSSR count). The summed E-state index contributed by atoms with van der Waals surface area (Å²) in [4.78, 5) is 40.8. The number of nitrogens with zero attached hydrogens (tertiary/aromatic N) is 3. The Kier molecular flexibility index (Phi) is 18.7. The summed E-state index contributed by atoms with van der Waals surface area (Å²) >= 11 is 9.19. The maximum absolute atomic E-state index is 14.5. The van der Waals surface area contributed by atoms with Gasteiger partial charge in [-0.3, -0.25) is 18.7 Å². The van der Waals surface area contributed by atoms with E-state index in [9.17, 15) is 31.2 Å². The zero-order valence-electron chi connectivity index (χ0n) is 43.1. The second-order valence-corrected chi connectivity index (χ2v) is 23.3. The van der Waals surface area contributed by atoms with Gasteiger partial charge in [0.1, 0.15) is 35.9 Å². The van der Waals surface area contributed by atoms with E-state index < -0.39 is 51.2 Å². The summed E-state index contributed by atoms with van der Waals surface area (Å²) in [6.07, 6.45) is 2.16. The van der Waals surface area contributed by atoms with Gasteiger partial charge in [-0.1, -0.05) is 157 Å². The van der Waals surface area contributed by atoms with E-state index in [0.717, 1.165) is 46.2 Å². The number of thioether (sulfide) groups is 1. The Labute approximate surface area is 470 Å². The van der Waals surface area contributed by atoms with Crippen molar-refractivity contribution < 1.29 is 54.4 Å². The van der Waals surface area contributed by atoms with Gasteiger partial charge in [-0.2, -0.15) is 21.6 Å². The molecule has 21 heteroatoms. The number of rotatable bonds is 17. The van der Waals surface area contributed by atoms with Gasteiger partial charge >= 0.3 is 15.6 Å². The standard InChI is InChI=1S/C51H47N5O5S3.C7H11F3O4S/c1-33-41(34-28-30-60-31-29-34)44(49(62)61-45(35-18-8-3-9-19-35)36-20-10-4-11-21-36)56-47(58)43(48(56)64-33)53-46(57)42(55-59-2)40-32-63-50(52-40)54-51(37-22-12-5-13-23-37,38-24-14-6-15-25-38)39-26-16-7-17-27-39;8-7(9,10)15(11,12)14-5-6-1-3-13-4-2-6/h3-27,32-34,43,45,48H,28-31H2,1-2H3,(H,52,54)(H,53,57);6H,1-5H2/b55-42-;/t33?,43?,48-;/m1./s1. The van der Waals surface area contributed by atoms with Crippen LogP contribution in [0.15, 0.2) is 173 Å². The van der Waals surface area contributed by atoms with Crippen LogP contribution < -0.4 is 10.6 Å². The minimum Gasteiger partial charge on any atom is -0.469 e. The van der Waals surface area contributed by atoms with E-state index in [1.807, 2.05) is 115 Å². The van der Waals surface area contributed by atoms with E-state index in [1.54, 1.807) is 22.0 Å². The number of anilines is 1. The lowest BCUT2D eigenvalue weighted by atomic mass is 9.77. The Morgan fingerprint density at radius 1 is 0.797 bits per heavy atom. The van der Waals surface area contributed by atoms with Gasteiger partial charge in [0.25, 0.3) is 11.8 Å². The van der Waals surface area contributed by atoms with Crippen molar-refractivity contribution in [1.82, 2.24) is 15.2 Å². The molecule has 0 aliphatic carbocycles. The highest BCUT2D eigenvalue weighted by molar-refractivity contribution is 8.00. The molecule has 5 aromatic carbocycles. The number of carbonyl (C=O) groups excluding carboxylic acids is 2. The first-order valence-electron chi connectivity index (χ1n) is 25.7. The fraction of sp³-hybridized carbons (Fsp3) is 0.328. The lowest BCUT2D eigenvalue weighted by Gasteiger charge is -2.53. The number of β-lactam (4-membered cyclic amide) rings is 1. The second kappa shape index (κ2) is 25.8. The molecule has 5 heterocycles. The van der Waals surface area contributed by atoms with Crippen molar-refractivity contribution in [2.24, 2.45) is 17.0 Å². The first kappa shape index (κ1) is 57.2. The van der Waals surface area contributed by atoms with E-state index in [0.29, 0.717) is 55.8 Å². The number of benzene rings is 5. The molecule has 6 aromatic rings. The van der Waals surface area contributed by atoms with Crippen molar-refractivity contribution >= 4 is 73.1 Å². The SMILES string of the molecule is CO/N=C(\C(=O)NC1C(=O)N2C(C(=S)OC(c3ccccc3)c3ccccc3)=C(C3CCOCC3)C(C)S[C@H]12)c1csc(NC(c2ccccc2)(c2ccccc2)c2ccccc2)n1.O=S(=O)(OCC1CCOCC1)C(F)(F)F. The Bertz CT molecular complexity index is 3070. The van der Waals surface area contributed by atoms with Crippen LogP contribution in [0.2, 0.25) is 0 Å². The molecule has 4 aliphatic heterocycles. The number of thiocarbonyl (C=S) groups is 1. The summed E-state index contributed by atoms with van der Waals surface area (Å²) < 4.78 is 78.0. The van der Waals surface area contributed by atoms with Gasteiger partial charge in [0, 0.05) is 37.1 Å². The zero-order valence-corrected chi connectivity index (χ0v) is 46.4. The summed E-state index contributed by atoms with van der Waals surface area (Å²) in [5.74, 6) is -0.900. The highest BCUT2D eigenvalue weighted by Gasteiger charge is 2.56. The number of carbonyl (C=O) groups is 2. The van der Waals surface area contributed by atoms with Crippen LogP contribution in [0.1, 0.15) is 72.2 Å². The molecule has 0 spiro atoms. The summed E-state index contributed by atoms with van der Waals surface area (Å²) in [5, 5.41) is 13.0. The maximum Gasteiger partial charge on any atom is 0.523 e. The van der Waals surface area contributed by atoms with Gasteiger partial charge in [-0.25, -0.2) is 4.98 Å². The van der Waals surface area contributed by atoms with Crippen LogP contribution in [0, 0.1) is 11.8 Å². The minimum absolute atomic E-state index is 0.0290. The quantitative estimate of drug-likeness (QED) is 0.0169. The average molecular weight is 1150 g/mol. The number of halogens is 3. The molecule has 1 aromatic heterocycles. The third kappa shape index (κ3) is 12.9. The van der Waals surface area contributed by atoms with Crippen LogP contribution in [-0.4, -0.2) is 103 Å². The highest BCUT2D eigenvalue weighted by Crippen LogP contribution is 2.49. The van der Waals surface area contributed by atoms with Crippen molar-refractivity contribution in [1.29, 1.82) is 0 Å². The number of hydrogen-bond acceptors (Lipinski definition) is 15. The minimum atomic E-state index is -5.44. The number of oxime groups is 1. The fourth-order valence-corrected chi connectivity index (χ4v) is 13.2. The molecule has 0 radical (unpaired) electrons. The molecule has 3 atom stereocenters. The number of thiazole rings is 1. The van der Waals surface area contributed by atoms with Crippen molar-refractivity contribution in [3.63, 3.8) is 0 Å². The van der Waals surface area contributed by atoms with E-state index in [2.05, 4.69) is 63.3 Å². The van der Waals surface area contributed by atoms with E-state index in [-0.39, 0.29) is 33.8 Å².